The largest absolute Gasteiger partial charge is 0.333 e. The van der Waals surface area contributed by atoms with E-state index in [1.165, 1.54) is 20.8 Å². The first kappa shape index (κ1) is 23.2. The molecule has 0 bridgehead atoms. The molecule has 0 fully saturated rings. The van der Waals surface area contributed by atoms with E-state index in [0.717, 1.165) is 41.5 Å². The second-order valence-electron chi connectivity index (χ2n) is 9.35. The van der Waals surface area contributed by atoms with Gasteiger partial charge in [0.05, 0.1) is 18.6 Å². The fourth-order valence-electron chi connectivity index (χ4n) is 4.53. The van der Waals surface area contributed by atoms with Crippen molar-refractivity contribution in [2.24, 2.45) is 5.92 Å². The van der Waals surface area contributed by atoms with Gasteiger partial charge in [0, 0.05) is 11.4 Å². The SMILES string of the molecule is CC(C)Cn1cnc2c1c(=O)n(CC(=O)Nc1nc3c(s1)CCCC3)c(=O)n2Cc1ccccc1. The van der Waals surface area contributed by atoms with Gasteiger partial charge in [0.25, 0.3) is 5.56 Å². The Kier molecular flexibility index (Phi) is 6.38. The third kappa shape index (κ3) is 4.70. The number of carbonyl (C=O) groups is 1. The lowest BCUT2D eigenvalue weighted by atomic mass is 10.0. The average Bonchev–Trinajstić information content (AvgIpc) is 3.43. The molecule has 1 N–H and O–H groups in total. The number of benzene rings is 1. The van der Waals surface area contributed by atoms with Crippen molar-refractivity contribution < 1.29 is 4.79 Å². The number of thiazole rings is 1. The van der Waals surface area contributed by atoms with E-state index in [0.29, 0.717) is 22.8 Å². The molecule has 1 aliphatic carbocycles. The number of hydrogen-bond donors (Lipinski definition) is 1. The lowest BCUT2D eigenvalue weighted by Gasteiger charge is -2.13. The van der Waals surface area contributed by atoms with Gasteiger partial charge < -0.3 is 9.88 Å². The number of amides is 1. The van der Waals surface area contributed by atoms with Gasteiger partial charge in [0.2, 0.25) is 5.91 Å². The van der Waals surface area contributed by atoms with E-state index in [4.69, 9.17) is 0 Å². The van der Waals surface area contributed by atoms with Crippen LogP contribution in [0, 0.1) is 5.92 Å². The van der Waals surface area contributed by atoms with Crippen molar-refractivity contribution in [2.45, 2.75) is 59.2 Å². The minimum atomic E-state index is -0.560. The molecule has 0 radical (unpaired) electrons. The number of hydrogen-bond acceptors (Lipinski definition) is 6. The van der Waals surface area contributed by atoms with Crippen molar-refractivity contribution in [2.75, 3.05) is 5.32 Å². The average molecular weight is 493 g/mol. The molecule has 182 valence electrons. The summed E-state index contributed by atoms with van der Waals surface area (Å²) in [6, 6.07) is 9.52. The molecule has 1 aliphatic rings. The Bertz CT molecular complexity index is 1470. The van der Waals surface area contributed by atoms with Crippen molar-refractivity contribution in [1.82, 2.24) is 23.7 Å². The van der Waals surface area contributed by atoms with Crippen LogP contribution >= 0.6 is 11.3 Å². The Morgan fingerprint density at radius 2 is 1.89 bits per heavy atom. The lowest BCUT2D eigenvalue weighted by Crippen LogP contribution is -2.43. The number of imidazole rings is 1. The zero-order chi connectivity index (χ0) is 24.5. The number of carbonyl (C=O) groups excluding carboxylic acids is 1. The predicted molar refractivity (Wildman–Crippen MR) is 136 cm³/mol. The van der Waals surface area contributed by atoms with Gasteiger partial charge in [0.15, 0.2) is 16.3 Å². The van der Waals surface area contributed by atoms with Crippen LogP contribution in [0.3, 0.4) is 0 Å². The van der Waals surface area contributed by atoms with E-state index < -0.39 is 17.2 Å². The number of nitrogens with zero attached hydrogens (tertiary/aromatic N) is 5. The molecule has 4 aromatic rings. The highest BCUT2D eigenvalue weighted by Crippen LogP contribution is 2.29. The fraction of sp³-hybridized carbons (Fsp3) is 0.400. The van der Waals surface area contributed by atoms with E-state index in [-0.39, 0.29) is 19.0 Å². The summed E-state index contributed by atoms with van der Waals surface area (Å²) >= 11 is 1.47. The summed E-state index contributed by atoms with van der Waals surface area (Å²) in [5, 5.41) is 3.32. The molecule has 1 aromatic carbocycles. The number of aryl methyl sites for hydroxylation is 2. The molecule has 1 amide bonds. The Labute approximate surface area is 206 Å². The van der Waals surface area contributed by atoms with Gasteiger partial charge in [0.1, 0.15) is 6.54 Å². The lowest BCUT2D eigenvalue weighted by molar-refractivity contribution is -0.116. The van der Waals surface area contributed by atoms with Gasteiger partial charge in [-0.2, -0.15) is 0 Å². The van der Waals surface area contributed by atoms with Crippen LogP contribution < -0.4 is 16.6 Å². The van der Waals surface area contributed by atoms with Crippen molar-refractivity contribution in [3.63, 3.8) is 0 Å². The van der Waals surface area contributed by atoms with Crippen molar-refractivity contribution >= 4 is 33.5 Å². The smallest absolute Gasteiger partial charge is 0.324 e. The fourth-order valence-corrected chi connectivity index (χ4v) is 5.59. The monoisotopic (exact) mass is 492 g/mol. The van der Waals surface area contributed by atoms with Gasteiger partial charge in [-0.15, -0.1) is 11.3 Å². The van der Waals surface area contributed by atoms with Gasteiger partial charge in [-0.1, -0.05) is 44.2 Å². The molecule has 10 heteroatoms. The van der Waals surface area contributed by atoms with E-state index in [1.807, 2.05) is 44.2 Å². The zero-order valence-electron chi connectivity index (χ0n) is 19.9. The second kappa shape index (κ2) is 9.61. The highest BCUT2D eigenvalue weighted by Gasteiger charge is 2.21. The summed E-state index contributed by atoms with van der Waals surface area (Å²) in [4.78, 5) is 50.0. The van der Waals surface area contributed by atoms with Crippen molar-refractivity contribution in [3.8, 4) is 0 Å². The van der Waals surface area contributed by atoms with Crippen molar-refractivity contribution in [3.05, 3.63) is 73.6 Å². The highest BCUT2D eigenvalue weighted by atomic mass is 32.1. The van der Waals surface area contributed by atoms with E-state index in [9.17, 15) is 14.4 Å². The van der Waals surface area contributed by atoms with E-state index in [1.54, 1.807) is 10.9 Å². The van der Waals surface area contributed by atoms with Gasteiger partial charge in [-0.3, -0.25) is 14.2 Å². The van der Waals surface area contributed by atoms with Crippen LogP contribution in [-0.4, -0.2) is 29.6 Å². The Morgan fingerprint density at radius 3 is 2.63 bits per heavy atom. The summed E-state index contributed by atoms with van der Waals surface area (Å²) in [6.45, 7) is 4.53. The van der Waals surface area contributed by atoms with Crippen LogP contribution in [0.5, 0.6) is 0 Å². The van der Waals surface area contributed by atoms with Crippen LogP contribution in [0.1, 0.15) is 42.8 Å². The first-order valence-corrected chi connectivity index (χ1v) is 12.7. The summed E-state index contributed by atoms with van der Waals surface area (Å²) in [7, 11) is 0. The van der Waals surface area contributed by atoms with Gasteiger partial charge in [-0.05, 0) is 37.2 Å². The van der Waals surface area contributed by atoms with Gasteiger partial charge in [-0.25, -0.2) is 19.3 Å². The summed E-state index contributed by atoms with van der Waals surface area (Å²) in [5.41, 5.74) is 1.52. The molecule has 35 heavy (non-hydrogen) atoms. The Hall–Kier alpha value is -3.53. The minimum Gasteiger partial charge on any atom is -0.324 e. The first-order chi connectivity index (χ1) is 16.9. The standard InChI is InChI=1S/C25H28N6O3S/c1-16(2)12-29-15-26-22-21(29)23(33)31(25(34)30(22)13-17-8-4-3-5-9-17)14-20(32)28-24-27-18-10-6-7-11-19(18)35-24/h3-5,8-9,15-16H,6-7,10-14H2,1-2H3,(H,27,28,32). The molecule has 0 aliphatic heterocycles. The highest BCUT2D eigenvalue weighted by molar-refractivity contribution is 7.15. The molecule has 0 saturated heterocycles. The van der Waals surface area contributed by atoms with Crippen LogP contribution in [-0.2, 0) is 37.3 Å². The molecular formula is C25H28N6O3S. The molecule has 9 nitrogen and oxygen atoms in total. The molecule has 0 spiro atoms. The normalized spacial score (nSPS) is 13.3. The van der Waals surface area contributed by atoms with Crippen molar-refractivity contribution in [1.29, 1.82) is 0 Å². The molecular weight excluding hydrogens is 464 g/mol. The molecule has 0 atom stereocenters. The van der Waals surface area contributed by atoms with Crippen LogP contribution in [0.25, 0.3) is 11.2 Å². The molecule has 3 heterocycles. The third-order valence-corrected chi connectivity index (χ3v) is 7.20. The van der Waals surface area contributed by atoms with Crippen LogP contribution in [0.15, 0.2) is 46.2 Å². The quantitative estimate of drug-likeness (QED) is 0.427. The molecule has 0 saturated carbocycles. The summed E-state index contributed by atoms with van der Waals surface area (Å²) in [5.74, 6) is -0.176. The third-order valence-electron chi connectivity index (χ3n) is 6.12. The van der Waals surface area contributed by atoms with E-state index in [2.05, 4.69) is 15.3 Å². The first-order valence-electron chi connectivity index (χ1n) is 11.9. The maximum atomic E-state index is 13.5. The zero-order valence-corrected chi connectivity index (χ0v) is 20.7. The molecule has 3 aromatic heterocycles. The maximum absolute atomic E-state index is 13.5. The molecule has 0 unspecified atom stereocenters. The molecule has 5 rings (SSSR count). The number of rotatable bonds is 7. The number of nitrogens with one attached hydrogen (secondary N) is 1. The number of aromatic nitrogens is 5. The Balaban J connectivity index is 1.53. The summed E-state index contributed by atoms with van der Waals surface area (Å²) in [6.07, 6.45) is 5.72. The van der Waals surface area contributed by atoms with E-state index >= 15 is 0 Å². The number of fused-ring (bicyclic) bond motifs is 2. The summed E-state index contributed by atoms with van der Waals surface area (Å²) < 4.78 is 4.25. The van der Waals surface area contributed by atoms with Crippen LogP contribution in [0.2, 0.25) is 0 Å². The Morgan fingerprint density at radius 1 is 1.11 bits per heavy atom. The second-order valence-corrected chi connectivity index (χ2v) is 10.4. The maximum Gasteiger partial charge on any atom is 0.333 e. The van der Waals surface area contributed by atoms with Gasteiger partial charge >= 0.3 is 5.69 Å². The topological polar surface area (TPSA) is 104 Å². The number of anilines is 1. The minimum absolute atomic E-state index is 0.246. The predicted octanol–water partition coefficient (Wildman–Crippen LogP) is 3.04. The van der Waals surface area contributed by atoms with Crippen LogP contribution in [0.4, 0.5) is 5.13 Å².